The van der Waals surface area contributed by atoms with Crippen LogP contribution in [0.1, 0.15) is 32.1 Å². The topological polar surface area (TPSA) is 44.8 Å². The van der Waals surface area contributed by atoms with Crippen LogP contribution in [0.4, 0.5) is 0 Å². The van der Waals surface area contributed by atoms with E-state index in [-0.39, 0.29) is 11.6 Å². The Kier molecular flexibility index (Phi) is 3.40. The normalized spacial score (nSPS) is 39.9. The van der Waals surface area contributed by atoms with Crippen molar-refractivity contribution in [2.24, 2.45) is 0 Å². The molecule has 1 aliphatic carbocycles. The van der Waals surface area contributed by atoms with Crippen LogP contribution < -0.4 is 0 Å². The van der Waals surface area contributed by atoms with Crippen LogP contribution in [0.5, 0.6) is 0 Å². The van der Waals surface area contributed by atoms with Gasteiger partial charge in [0.1, 0.15) is 19.1 Å². The molecule has 102 valence electrons. The number of ether oxygens (including phenoxy) is 1. The molecule has 2 saturated heterocycles. The van der Waals surface area contributed by atoms with Crippen molar-refractivity contribution in [1.29, 1.82) is 0 Å². The van der Waals surface area contributed by atoms with Gasteiger partial charge in [-0.3, -0.25) is 4.48 Å². The Bertz CT molecular complexity index is 308. The van der Waals surface area contributed by atoms with E-state index in [1.54, 1.807) is 0 Å². The van der Waals surface area contributed by atoms with Crippen molar-refractivity contribution >= 4 is 6.41 Å². The van der Waals surface area contributed by atoms with Crippen molar-refractivity contribution in [2.75, 3.05) is 32.9 Å². The fourth-order valence-corrected chi connectivity index (χ4v) is 3.89. The van der Waals surface area contributed by atoms with Crippen LogP contribution in [0.25, 0.3) is 0 Å². The summed E-state index contributed by atoms with van der Waals surface area (Å²) in [5, 5.41) is 0. The molecular weight excluding hydrogens is 234 g/mol. The van der Waals surface area contributed by atoms with Gasteiger partial charge >= 0.3 is 6.41 Å². The summed E-state index contributed by atoms with van der Waals surface area (Å²) < 4.78 is 5.93. The molecule has 1 saturated carbocycles. The average molecular weight is 256 g/mol. The lowest BCUT2D eigenvalue weighted by Crippen LogP contribution is -2.68. The van der Waals surface area contributed by atoms with Crippen LogP contribution in [0.15, 0.2) is 0 Å². The van der Waals surface area contributed by atoms with E-state index in [1.807, 2.05) is 0 Å². The second-order valence-corrected chi connectivity index (χ2v) is 5.75. The van der Waals surface area contributed by atoms with Gasteiger partial charge in [0.25, 0.3) is 0 Å². The standard InChI is InChI=1S/C13H22NO4/c15-11-14(6-9-16-10-7-14)12-3-1-2-4-13(12)5-8-17-18-13/h11-12H,1-10H2/q+1. The minimum Gasteiger partial charge on any atom is -0.370 e. The van der Waals surface area contributed by atoms with Crippen LogP contribution in [0.3, 0.4) is 0 Å². The summed E-state index contributed by atoms with van der Waals surface area (Å²) in [6.45, 7) is 3.56. The van der Waals surface area contributed by atoms with Gasteiger partial charge in [-0.1, -0.05) is 0 Å². The quantitative estimate of drug-likeness (QED) is 0.420. The maximum absolute atomic E-state index is 11.7. The Hall–Kier alpha value is -0.490. The number of amides is 1. The number of morpholine rings is 1. The number of nitrogens with zero attached hydrogens (tertiary/aromatic N) is 1. The lowest BCUT2D eigenvalue weighted by molar-refractivity contribution is -0.889. The number of carbonyl (C=O) groups excluding carboxylic acids is 1. The molecule has 1 spiro atoms. The molecular formula is C13H22NO4+. The molecule has 0 aromatic carbocycles. The molecule has 0 radical (unpaired) electrons. The number of carbonyl (C=O) groups is 1. The van der Waals surface area contributed by atoms with E-state index >= 15 is 0 Å². The number of hydrogen-bond acceptors (Lipinski definition) is 4. The van der Waals surface area contributed by atoms with Crippen molar-refractivity contribution in [1.82, 2.24) is 0 Å². The lowest BCUT2D eigenvalue weighted by atomic mass is 9.76. The van der Waals surface area contributed by atoms with E-state index in [2.05, 4.69) is 0 Å². The number of rotatable bonds is 2. The van der Waals surface area contributed by atoms with Crippen LogP contribution in [-0.4, -0.2) is 55.4 Å². The van der Waals surface area contributed by atoms with Crippen molar-refractivity contribution in [2.45, 2.75) is 43.7 Å². The Labute approximate surface area is 108 Å². The predicted molar refractivity (Wildman–Crippen MR) is 63.5 cm³/mol. The number of quaternary nitrogens is 1. The molecule has 2 aliphatic heterocycles. The fourth-order valence-electron chi connectivity index (χ4n) is 3.89. The zero-order valence-electron chi connectivity index (χ0n) is 10.8. The third-order valence-corrected chi connectivity index (χ3v) is 4.90. The summed E-state index contributed by atoms with van der Waals surface area (Å²) in [5.74, 6) is 0. The summed E-state index contributed by atoms with van der Waals surface area (Å²) in [7, 11) is 0. The molecule has 3 fully saturated rings. The maximum atomic E-state index is 11.7. The van der Waals surface area contributed by atoms with Gasteiger partial charge in [-0.15, -0.1) is 0 Å². The average Bonchev–Trinajstić information content (AvgIpc) is 2.89. The van der Waals surface area contributed by atoms with E-state index in [4.69, 9.17) is 14.5 Å². The van der Waals surface area contributed by atoms with Gasteiger partial charge in [0, 0.05) is 12.8 Å². The van der Waals surface area contributed by atoms with Crippen molar-refractivity contribution in [3.05, 3.63) is 0 Å². The van der Waals surface area contributed by atoms with E-state index in [0.717, 1.165) is 38.8 Å². The monoisotopic (exact) mass is 256 g/mol. The molecule has 0 aromatic heterocycles. The molecule has 3 rings (SSSR count). The highest BCUT2D eigenvalue weighted by Gasteiger charge is 2.56. The van der Waals surface area contributed by atoms with Gasteiger partial charge < -0.3 is 4.74 Å². The molecule has 0 aromatic rings. The summed E-state index contributed by atoms with van der Waals surface area (Å²) >= 11 is 0. The third-order valence-electron chi connectivity index (χ3n) is 4.90. The van der Waals surface area contributed by atoms with E-state index in [0.29, 0.717) is 24.3 Å². The van der Waals surface area contributed by atoms with Crippen LogP contribution in [0, 0.1) is 0 Å². The first-order valence-corrected chi connectivity index (χ1v) is 7.03. The zero-order valence-corrected chi connectivity index (χ0v) is 10.8. The summed E-state index contributed by atoms with van der Waals surface area (Å²) in [6.07, 6.45) is 6.49. The largest absolute Gasteiger partial charge is 0.370 e. The molecule has 0 N–H and O–H groups in total. The molecule has 3 aliphatic rings. The van der Waals surface area contributed by atoms with Crippen LogP contribution in [-0.2, 0) is 19.3 Å². The Morgan fingerprint density at radius 3 is 2.61 bits per heavy atom. The molecule has 1 amide bonds. The highest BCUT2D eigenvalue weighted by Crippen LogP contribution is 2.43. The molecule has 2 heterocycles. The fraction of sp³-hybridized carbons (Fsp3) is 0.923. The van der Waals surface area contributed by atoms with Crippen molar-refractivity contribution < 1.29 is 23.8 Å². The van der Waals surface area contributed by atoms with Gasteiger partial charge in [-0.25, -0.2) is 14.6 Å². The second kappa shape index (κ2) is 4.89. The van der Waals surface area contributed by atoms with Gasteiger partial charge in [-0.2, -0.15) is 0 Å². The molecule has 5 heteroatoms. The van der Waals surface area contributed by atoms with Crippen molar-refractivity contribution in [3.8, 4) is 0 Å². The third kappa shape index (κ3) is 1.90. The summed E-state index contributed by atoms with van der Waals surface area (Å²) in [4.78, 5) is 22.6. The molecule has 0 bridgehead atoms. The number of hydrogen-bond donors (Lipinski definition) is 0. The Balaban J connectivity index is 1.88. The van der Waals surface area contributed by atoms with Gasteiger partial charge in [0.15, 0.2) is 5.60 Å². The predicted octanol–water partition coefficient (Wildman–Crippen LogP) is 1.02. The summed E-state index contributed by atoms with van der Waals surface area (Å²) in [5.41, 5.74) is -0.226. The molecule has 2 unspecified atom stereocenters. The maximum Gasteiger partial charge on any atom is 0.301 e. The highest BCUT2D eigenvalue weighted by molar-refractivity contribution is 5.38. The van der Waals surface area contributed by atoms with Crippen LogP contribution in [0.2, 0.25) is 0 Å². The van der Waals surface area contributed by atoms with Crippen molar-refractivity contribution in [3.63, 3.8) is 0 Å². The second-order valence-electron chi connectivity index (χ2n) is 5.75. The lowest BCUT2D eigenvalue weighted by Gasteiger charge is -2.49. The SMILES string of the molecule is O=C[N+]1(C2CCCCC23CCOO3)CCOCC1. The van der Waals surface area contributed by atoms with E-state index in [1.165, 1.54) is 12.8 Å². The first-order chi connectivity index (χ1) is 8.81. The Morgan fingerprint density at radius 1 is 1.11 bits per heavy atom. The molecule has 18 heavy (non-hydrogen) atoms. The smallest absolute Gasteiger partial charge is 0.301 e. The van der Waals surface area contributed by atoms with E-state index < -0.39 is 0 Å². The first-order valence-electron chi connectivity index (χ1n) is 7.03. The molecule has 2 atom stereocenters. The van der Waals surface area contributed by atoms with Crippen LogP contribution >= 0.6 is 0 Å². The summed E-state index contributed by atoms with van der Waals surface area (Å²) in [6, 6.07) is 0.246. The van der Waals surface area contributed by atoms with E-state index in [9.17, 15) is 4.79 Å². The van der Waals surface area contributed by atoms with Gasteiger partial charge in [-0.05, 0) is 19.3 Å². The molecule has 5 nitrogen and oxygen atoms in total. The van der Waals surface area contributed by atoms with Gasteiger partial charge in [0.2, 0.25) is 0 Å². The van der Waals surface area contributed by atoms with Gasteiger partial charge in [0.05, 0.1) is 19.8 Å². The minimum absolute atomic E-state index is 0.226. The highest BCUT2D eigenvalue weighted by atomic mass is 17.2. The Morgan fingerprint density at radius 2 is 1.94 bits per heavy atom. The first kappa shape index (κ1) is 12.5. The minimum atomic E-state index is -0.226. The zero-order chi connectivity index (χ0) is 12.5.